The molecular formula is C50H51N7O8. The van der Waals surface area contributed by atoms with E-state index in [9.17, 15) is 19.2 Å². The quantitative estimate of drug-likeness (QED) is 0.117. The number of rotatable bonds is 12. The van der Waals surface area contributed by atoms with Gasteiger partial charge in [-0.3, -0.25) is 24.2 Å². The molecule has 0 fully saturated rings. The third-order valence-corrected chi connectivity index (χ3v) is 12.4. The molecule has 4 heterocycles. The lowest BCUT2D eigenvalue weighted by atomic mass is 9.94. The Labute approximate surface area is 376 Å². The molecule has 0 radical (unpaired) electrons. The van der Waals surface area contributed by atoms with Crippen LogP contribution in [-0.4, -0.2) is 84.6 Å². The number of hydrogen-bond acceptors (Lipinski definition) is 11. The molecule has 5 aromatic carbocycles. The van der Waals surface area contributed by atoms with Gasteiger partial charge in [-0.05, 0) is 90.4 Å². The van der Waals surface area contributed by atoms with Crippen LogP contribution in [0, 0.1) is 0 Å². The van der Waals surface area contributed by atoms with Gasteiger partial charge in [-0.25, -0.2) is 0 Å². The predicted octanol–water partition coefficient (Wildman–Crippen LogP) is 5.93. The van der Waals surface area contributed by atoms with Crippen molar-refractivity contribution in [3.8, 4) is 23.0 Å². The molecular weight excluding hydrogens is 827 g/mol. The number of fused-ring (bicyclic) bond motifs is 6. The Bertz CT molecular complexity index is 2740. The van der Waals surface area contributed by atoms with Gasteiger partial charge >= 0.3 is 0 Å². The van der Waals surface area contributed by atoms with Crippen molar-refractivity contribution in [1.29, 1.82) is 0 Å². The van der Waals surface area contributed by atoms with Crippen LogP contribution < -0.4 is 40.6 Å². The molecule has 65 heavy (non-hydrogen) atoms. The Hall–Kier alpha value is -7.39. The summed E-state index contributed by atoms with van der Waals surface area (Å²) >= 11 is 0. The summed E-state index contributed by atoms with van der Waals surface area (Å²) in [6.45, 7) is 4.76. The van der Waals surface area contributed by atoms with Crippen molar-refractivity contribution < 1.29 is 38.1 Å². The predicted molar refractivity (Wildman–Crippen MR) is 245 cm³/mol. The molecule has 15 heteroatoms. The van der Waals surface area contributed by atoms with Crippen LogP contribution in [0.3, 0.4) is 0 Å². The average Bonchev–Trinajstić information content (AvgIpc) is 3.53. The minimum atomic E-state index is -0.886. The second-order valence-electron chi connectivity index (χ2n) is 16.9. The van der Waals surface area contributed by atoms with Gasteiger partial charge in [-0.1, -0.05) is 48.5 Å². The first-order valence-corrected chi connectivity index (χ1v) is 21.7. The number of nitrogens with two attached hydrogens (primary N) is 1. The third kappa shape index (κ3) is 8.79. The number of carbonyl (C=O) groups is 4. The topological polar surface area (TPSA) is 186 Å². The van der Waals surface area contributed by atoms with E-state index in [1.165, 1.54) is 25.3 Å². The standard InChI is InChI=1S/C50H51N7O8/c1-28(51)47(58)54-29(2)48(59)55-36-14-30(26-64-45-20-41-39(18-43(45)62-3)49(60)56-24-34-11-7-5-9-32(34)16-37(56)22-52-41)13-31(15-36)27-65-46-21-42-40(19-44(46)63-4)50(61)57-25-35-12-8-6-10-33(35)17-38(57)23-53-42/h5-15,18-22,28-29,37-38,53H,16-17,23-27,51H2,1-4H3,(H,54,58)(H,55,59)/t28-,29-,37-,38-/m0/s1. The summed E-state index contributed by atoms with van der Waals surface area (Å²) in [7, 11) is 3.05. The van der Waals surface area contributed by atoms with Crippen molar-refractivity contribution in [3.63, 3.8) is 0 Å². The maximum absolute atomic E-state index is 14.0. The number of benzene rings is 5. The molecule has 0 saturated carbocycles. The average molecular weight is 878 g/mol. The number of nitrogens with zero attached hydrogens (tertiary/aromatic N) is 3. The van der Waals surface area contributed by atoms with Gasteiger partial charge in [0.1, 0.15) is 19.3 Å². The zero-order chi connectivity index (χ0) is 45.4. The molecule has 0 unspecified atom stereocenters. The highest BCUT2D eigenvalue weighted by atomic mass is 16.5. The smallest absolute Gasteiger partial charge is 0.257 e. The molecule has 0 saturated heterocycles. The fourth-order valence-corrected chi connectivity index (χ4v) is 8.85. The third-order valence-electron chi connectivity index (χ3n) is 12.4. The highest BCUT2D eigenvalue weighted by Gasteiger charge is 2.36. The van der Waals surface area contributed by atoms with Crippen molar-refractivity contribution in [2.75, 3.05) is 31.4 Å². The first-order valence-electron chi connectivity index (χ1n) is 21.7. The van der Waals surface area contributed by atoms with Crippen molar-refractivity contribution in [3.05, 3.63) is 136 Å². The van der Waals surface area contributed by atoms with Gasteiger partial charge in [0, 0.05) is 43.7 Å². The van der Waals surface area contributed by atoms with Gasteiger partial charge in [-0.15, -0.1) is 0 Å². The first kappa shape index (κ1) is 42.9. The van der Waals surface area contributed by atoms with Gasteiger partial charge < -0.3 is 50.4 Å². The van der Waals surface area contributed by atoms with Crippen LogP contribution >= 0.6 is 0 Å². The van der Waals surface area contributed by atoms with E-state index >= 15 is 0 Å². The van der Waals surface area contributed by atoms with Gasteiger partial charge in [-0.2, -0.15) is 0 Å². The van der Waals surface area contributed by atoms with Crippen LogP contribution in [0.4, 0.5) is 17.1 Å². The van der Waals surface area contributed by atoms with Gasteiger partial charge in [0.15, 0.2) is 23.0 Å². The lowest BCUT2D eigenvalue weighted by Crippen LogP contribution is -2.47. The van der Waals surface area contributed by atoms with Crippen molar-refractivity contribution in [2.45, 2.75) is 77.2 Å². The molecule has 4 amide bonds. The number of amides is 4. The van der Waals surface area contributed by atoms with E-state index in [4.69, 9.17) is 29.7 Å². The SMILES string of the molecule is COc1cc2c(cc1OCc1cc(COc3cc4c(cc3OC)C(=O)N3Cc5ccccc5C[C@H]3CN4)cc(NC(=O)[C@H](C)NC(=O)[C@H](C)N)c1)N=C[C@@H]1Cc3ccccc3CN1C2=O. The molecule has 5 N–H and O–H groups in total. The van der Waals surface area contributed by atoms with Crippen LogP contribution in [0.1, 0.15) is 67.9 Å². The van der Waals surface area contributed by atoms with Crippen molar-refractivity contribution in [1.82, 2.24) is 15.1 Å². The van der Waals surface area contributed by atoms with Crippen LogP contribution in [0.15, 0.2) is 96.0 Å². The zero-order valence-electron chi connectivity index (χ0n) is 36.7. The Morgan fingerprint density at radius 2 is 1.32 bits per heavy atom. The Morgan fingerprint density at radius 3 is 1.97 bits per heavy atom. The van der Waals surface area contributed by atoms with E-state index in [1.54, 1.807) is 50.2 Å². The van der Waals surface area contributed by atoms with Crippen molar-refractivity contribution >= 4 is 46.9 Å². The summed E-state index contributed by atoms with van der Waals surface area (Å²) in [5.41, 5.74) is 14.2. The van der Waals surface area contributed by atoms with E-state index < -0.39 is 23.9 Å². The molecule has 4 atom stereocenters. The summed E-state index contributed by atoms with van der Waals surface area (Å²) in [4.78, 5) is 62.2. The molecule has 0 spiro atoms. The first-order chi connectivity index (χ1) is 31.5. The zero-order valence-corrected chi connectivity index (χ0v) is 36.7. The minimum Gasteiger partial charge on any atom is -0.493 e. The van der Waals surface area contributed by atoms with Gasteiger partial charge in [0.05, 0.1) is 54.8 Å². The molecule has 9 rings (SSSR count). The molecule has 0 aliphatic carbocycles. The number of anilines is 2. The fraction of sp³-hybridized carbons (Fsp3) is 0.300. The number of carbonyl (C=O) groups excluding carboxylic acids is 4. The fourth-order valence-electron chi connectivity index (χ4n) is 8.85. The van der Waals surface area contributed by atoms with Crippen LogP contribution in [0.2, 0.25) is 0 Å². The van der Waals surface area contributed by atoms with Crippen LogP contribution in [0.5, 0.6) is 23.0 Å². The minimum absolute atomic E-state index is 0.0183. The number of ether oxygens (including phenoxy) is 4. The summed E-state index contributed by atoms with van der Waals surface area (Å²) in [6, 6.07) is 26.8. The van der Waals surface area contributed by atoms with Crippen LogP contribution in [0.25, 0.3) is 0 Å². The second-order valence-corrected chi connectivity index (χ2v) is 16.9. The lowest BCUT2D eigenvalue weighted by Gasteiger charge is -2.35. The Kier molecular flexibility index (Phi) is 11.9. The summed E-state index contributed by atoms with van der Waals surface area (Å²) in [6.07, 6.45) is 3.24. The normalized spacial score (nSPS) is 17.8. The number of aliphatic imine (C=N–C) groups is 1. The molecule has 15 nitrogen and oxygen atoms in total. The summed E-state index contributed by atoms with van der Waals surface area (Å²) in [5, 5.41) is 9.03. The molecule has 4 aliphatic rings. The van der Waals surface area contributed by atoms with Gasteiger partial charge in [0.25, 0.3) is 11.8 Å². The van der Waals surface area contributed by atoms with E-state index in [1.807, 2.05) is 52.4 Å². The summed E-state index contributed by atoms with van der Waals surface area (Å²) in [5.74, 6) is 0.390. The molecule has 0 bridgehead atoms. The monoisotopic (exact) mass is 877 g/mol. The largest absolute Gasteiger partial charge is 0.493 e. The second kappa shape index (κ2) is 18.0. The van der Waals surface area contributed by atoms with Crippen LogP contribution in [-0.2, 0) is 48.7 Å². The van der Waals surface area contributed by atoms with E-state index in [0.717, 1.165) is 17.5 Å². The number of methoxy groups -OCH3 is 2. The highest BCUT2D eigenvalue weighted by Crippen LogP contribution is 2.40. The number of nitrogens with one attached hydrogen (secondary N) is 3. The van der Waals surface area contributed by atoms with Crippen molar-refractivity contribution in [2.24, 2.45) is 10.7 Å². The van der Waals surface area contributed by atoms with E-state index in [0.29, 0.717) is 88.4 Å². The molecule has 334 valence electrons. The maximum atomic E-state index is 14.0. The number of hydrogen-bond donors (Lipinski definition) is 4. The molecule has 5 aromatic rings. The maximum Gasteiger partial charge on any atom is 0.257 e. The summed E-state index contributed by atoms with van der Waals surface area (Å²) < 4.78 is 24.3. The Morgan fingerprint density at radius 1 is 0.738 bits per heavy atom. The molecule has 0 aromatic heterocycles. The highest BCUT2D eigenvalue weighted by molar-refractivity contribution is 6.04. The Balaban J connectivity index is 0.967. The van der Waals surface area contributed by atoms with Gasteiger partial charge in [0.2, 0.25) is 11.8 Å². The lowest BCUT2D eigenvalue weighted by molar-refractivity contribution is -0.126. The van der Waals surface area contributed by atoms with E-state index in [-0.39, 0.29) is 37.1 Å². The molecule has 4 aliphatic heterocycles. The van der Waals surface area contributed by atoms with E-state index in [2.05, 4.69) is 34.1 Å².